The minimum absolute atomic E-state index is 0.0570. The molecule has 0 aliphatic carbocycles. The molecule has 0 spiro atoms. The molecule has 0 saturated heterocycles. The van der Waals surface area contributed by atoms with E-state index >= 15 is 0 Å². The van der Waals surface area contributed by atoms with Crippen LogP contribution in [0.3, 0.4) is 0 Å². The molecule has 2 aromatic heterocycles. The van der Waals surface area contributed by atoms with Gasteiger partial charge in [0, 0.05) is 12.7 Å². The fourth-order valence-corrected chi connectivity index (χ4v) is 2.72. The lowest BCUT2D eigenvalue weighted by atomic mass is 10.0. The third-order valence-electron chi connectivity index (χ3n) is 4.15. The van der Waals surface area contributed by atoms with Crippen LogP contribution in [0.1, 0.15) is 34.8 Å². The van der Waals surface area contributed by atoms with Crippen molar-refractivity contribution in [3.05, 3.63) is 59.4 Å². The zero-order valence-electron chi connectivity index (χ0n) is 15.1. The zero-order chi connectivity index (χ0) is 19.4. The van der Waals surface area contributed by atoms with E-state index in [1.165, 1.54) is 10.9 Å². The highest BCUT2D eigenvalue weighted by Gasteiger charge is 2.16. The van der Waals surface area contributed by atoms with E-state index in [1.807, 2.05) is 13.8 Å². The molecule has 1 aromatic carbocycles. The first-order chi connectivity index (χ1) is 13.0. The summed E-state index contributed by atoms with van der Waals surface area (Å²) in [6.07, 6.45) is 3.86. The molecule has 0 atom stereocenters. The molecule has 136 valence electrons. The molecule has 1 amide bonds. The quantitative estimate of drug-likeness (QED) is 0.727. The molecule has 0 aliphatic rings. The maximum Gasteiger partial charge on any atom is 0.252 e. The third-order valence-corrected chi connectivity index (χ3v) is 4.15. The molecule has 3 rings (SSSR count). The van der Waals surface area contributed by atoms with Crippen molar-refractivity contribution >= 4 is 5.91 Å². The van der Waals surface area contributed by atoms with Gasteiger partial charge in [-0.1, -0.05) is 13.0 Å². The summed E-state index contributed by atoms with van der Waals surface area (Å²) < 4.78 is 1.31. The maximum atomic E-state index is 12.0. The molecule has 7 heteroatoms. The summed E-state index contributed by atoms with van der Waals surface area (Å²) in [4.78, 5) is 16.2. The molecule has 2 heterocycles. The average Bonchev–Trinajstić information content (AvgIpc) is 3.07. The van der Waals surface area contributed by atoms with Gasteiger partial charge in [0.2, 0.25) is 5.88 Å². The van der Waals surface area contributed by atoms with E-state index in [0.29, 0.717) is 29.1 Å². The topological polar surface area (TPSA) is 104 Å². The Morgan fingerprint density at radius 2 is 2.07 bits per heavy atom. The van der Waals surface area contributed by atoms with Gasteiger partial charge in [-0.05, 0) is 48.7 Å². The van der Waals surface area contributed by atoms with Crippen LogP contribution < -0.4 is 5.32 Å². The highest BCUT2D eigenvalue weighted by molar-refractivity contribution is 5.93. The Labute approximate surface area is 156 Å². The van der Waals surface area contributed by atoms with E-state index < -0.39 is 0 Å². The van der Waals surface area contributed by atoms with Crippen molar-refractivity contribution in [2.45, 2.75) is 20.3 Å². The molecule has 0 fully saturated rings. The summed E-state index contributed by atoms with van der Waals surface area (Å²) >= 11 is 0. The van der Waals surface area contributed by atoms with Gasteiger partial charge in [-0.2, -0.15) is 15.0 Å². The number of pyridine rings is 1. The molecule has 2 N–H and O–H groups in total. The predicted octanol–water partition coefficient (Wildman–Crippen LogP) is 2.96. The second-order valence-electron chi connectivity index (χ2n) is 6.10. The van der Waals surface area contributed by atoms with Crippen LogP contribution in [0, 0.1) is 18.3 Å². The minimum Gasteiger partial charge on any atom is -0.493 e. The van der Waals surface area contributed by atoms with Crippen LogP contribution in [0.4, 0.5) is 0 Å². The lowest BCUT2D eigenvalue weighted by Gasteiger charge is -2.07. The van der Waals surface area contributed by atoms with Gasteiger partial charge in [0.05, 0.1) is 29.0 Å². The molecule has 27 heavy (non-hydrogen) atoms. The number of nitrogens with zero attached hydrogens (tertiary/aromatic N) is 4. The largest absolute Gasteiger partial charge is 0.493 e. The van der Waals surface area contributed by atoms with Crippen LogP contribution in [0.25, 0.3) is 16.9 Å². The maximum absolute atomic E-state index is 12.0. The number of hydrogen-bond acceptors (Lipinski definition) is 5. The number of aryl methyl sites for hydroxylation is 1. The number of carbonyl (C=O) groups excluding carboxylic acids is 1. The van der Waals surface area contributed by atoms with Crippen LogP contribution in [0.5, 0.6) is 5.88 Å². The predicted molar refractivity (Wildman–Crippen MR) is 101 cm³/mol. The Kier molecular flexibility index (Phi) is 5.18. The molecular weight excluding hydrogens is 342 g/mol. The Balaban J connectivity index is 1.89. The van der Waals surface area contributed by atoms with Crippen molar-refractivity contribution in [2.75, 3.05) is 6.54 Å². The molecule has 7 nitrogen and oxygen atoms in total. The fraction of sp³-hybridized carbons (Fsp3) is 0.200. The van der Waals surface area contributed by atoms with Crippen LogP contribution >= 0.6 is 0 Å². The summed E-state index contributed by atoms with van der Waals surface area (Å²) in [7, 11) is 0. The zero-order valence-corrected chi connectivity index (χ0v) is 15.1. The summed E-state index contributed by atoms with van der Waals surface area (Å²) in [5.74, 6) is 0.157. The SMILES string of the molecule is CCCNC(=O)c1ccc(-n2ncc(-c3ccc(C#N)cc3C)c2O)nc1. The van der Waals surface area contributed by atoms with Gasteiger partial charge in [-0.3, -0.25) is 4.79 Å². The molecule has 3 aromatic rings. The van der Waals surface area contributed by atoms with Gasteiger partial charge in [0.1, 0.15) is 0 Å². The number of carbonyl (C=O) groups is 1. The first-order valence-electron chi connectivity index (χ1n) is 8.58. The molecular formula is C20H19N5O2. The van der Waals surface area contributed by atoms with Crippen LogP contribution in [-0.4, -0.2) is 32.3 Å². The Morgan fingerprint density at radius 1 is 1.26 bits per heavy atom. The van der Waals surface area contributed by atoms with Crippen molar-refractivity contribution in [1.82, 2.24) is 20.1 Å². The number of amides is 1. The minimum atomic E-state index is -0.186. The van der Waals surface area contributed by atoms with Crippen molar-refractivity contribution < 1.29 is 9.90 Å². The second-order valence-corrected chi connectivity index (χ2v) is 6.10. The fourth-order valence-electron chi connectivity index (χ4n) is 2.72. The summed E-state index contributed by atoms with van der Waals surface area (Å²) in [6.45, 7) is 4.46. The average molecular weight is 361 g/mol. The number of aromatic nitrogens is 3. The Morgan fingerprint density at radius 3 is 2.70 bits per heavy atom. The first-order valence-corrected chi connectivity index (χ1v) is 8.58. The molecule has 0 radical (unpaired) electrons. The standard InChI is InChI=1S/C20H19N5O2/c1-3-8-22-19(26)15-5-7-18(23-11-15)25-20(27)17(12-24-25)16-6-4-14(10-21)9-13(16)2/h4-7,9,11-12,27H,3,8H2,1-2H3,(H,22,26). The highest BCUT2D eigenvalue weighted by Crippen LogP contribution is 2.32. The lowest BCUT2D eigenvalue weighted by Crippen LogP contribution is -2.24. The van der Waals surface area contributed by atoms with E-state index in [-0.39, 0.29) is 11.8 Å². The molecule has 0 saturated carbocycles. The van der Waals surface area contributed by atoms with Gasteiger partial charge in [0.25, 0.3) is 5.91 Å². The summed E-state index contributed by atoms with van der Waals surface area (Å²) in [5, 5.41) is 26.6. The summed E-state index contributed by atoms with van der Waals surface area (Å²) in [6, 6.07) is 10.6. The van der Waals surface area contributed by atoms with Crippen LogP contribution in [0.15, 0.2) is 42.7 Å². The van der Waals surface area contributed by atoms with Crippen molar-refractivity contribution in [3.8, 4) is 28.9 Å². The normalized spacial score (nSPS) is 10.4. The van der Waals surface area contributed by atoms with E-state index in [2.05, 4.69) is 21.5 Å². The van der Waals surface area contributed by atoms with Gasteiger partial charge in [0.15, 0.2) is 5.82 Å². The van der Waals surface area contributed by atoms with E-state index in [0.717, 1.165) is 17.5 Å². The number of hydrogen-bond donors (Lipinski definition) is 2. The summed E-state index contributed by atoms with van der Waals surface area (Å²) in [5.41, 5.74) is 3.19. The van der Waals surface area contributed by atoms with Crippen molar-refractivity contribution in [1.29, 1.82) is 5.26 Å². The number of nitrogens with one attached hydrogen (secondary N) is 1. The number of benzene rings is 1. The highest BCUT2D eigenvalue weighted by atomic mass is 16.3. The first kappa shape index (κ1) is 18.1. The smallest absolute Gasteiger partial charge is 0.252 e. The monoisotopic (exact) mass is 361 g/mol. The molecule has 0 aliphatic heterocycles. The molecule has 0 unspecified atom stereocenters. The Bertz CT molecular complexity index is 1020. The van der Waals surface area contributed by atoms with Gasteiger partial charge in [-0.25, -0.2) is 4.98 Å². The van der Waals surface area contributed by atoms with Crippen molar-refractivity contribution in [3.63, 3.8) is 0 Å². The molecule has 0 bridgehead atoms. The third kappa shape index (κ3) is 3.65. The van der Waals surface area contributed by atoms with Crippen LogP contribution in [-0.2, 0) is 0 Å². The number of rotatable bonds is 5. The van der Waals surface area contributed by atoms with E-state index in [9.17, 15) is 9.90 Å². The second kappa shape index (κ2) is 7.70. The lowest BCUT2D eigenvalue weighted by molar-refractivity contribution is 0.0953. The van der Waals surface area contributed by atoms with Gasteiger partial charge < -0.3 is 10.4 Å². The number of nitriles is 1. The van der Waals surface area contributed by atoms with Gasteiger partial charge >= 0.3 is 0 Å². The van der Waals surface area contributed by atoms with Crippen LogP contribution in [0.2, 0.25) is 0 Å². The van der Waals surface area contributed by atoms with Crippen molar-refractivity contribution in [2.24, 2.45) is 0 Å². The number of aromatic hydroxyl groups is 1. The van der Waals surface area contributed by atoms with E-state index in [1.54, 1.807) is 36.5 Å². The van der Waals surface area contributed by atoms with E-state index in [4.69, 9.17) is 5.26 Å². The Hall–Kier alpha value is -3.66. The van der Waals surface area contributed by atoms with Gasteiger partial charge in [-0.15, -0.1) is 0 Å².